The van der Waals surface area contributed by atoms with Gasteiger partial charge in [-0.15, -0.1) is 0 Å². The first-order valence-electron chi connectivity index (χ1n) is 5.85. The number of rotatable bonds is 3. The van der Waals surface area contributed by atoms with Crippen molar-refractivity contribution in [1.82, 2.24) is 0 Å². The third-order valence-corrected chi connectivity index (χ3v) is 3.14. The molecule has 0 bridgehead atoms. The van der Waals surface area contributed by atoms with Gasteiger partial charge in [0.25, 0.3) is 0 Å². The van der Waals surface area contributed by atoms with E-state index < -0.39 is 6.10 Å². The van der Waals surface area contributed by atoms with E-state index in [0.717, 1.165) is 16.9 Å². The van der Waals surface area contributed by atoms with E-state index in [2.05, 4.69) is 32.0 Å². The van der Waals surface area contributed by atoms with E-state index in [1.54, 1.807) is 6.26 Å². The number of hydrogen-bond donors (Lipinski definition) is 1. The maximum absolute atomic E-state index is 10.1. The Bertz CT molecular complexity index is 511. The summed E-state index contributed by atoms with van der Waals surface area (Å²) in [6.07, 6.45) is 1.76. The molecule has 0 aliphatic carbocycles. The molecule has 0 saturated carbocycles. The van der Waals surface area contributed by atoms with Gasteiger partial charge in [-0.1, -0.05) is 18.2 Å². The zero-order valence-corrected chi connectivity index (χ0v) is 10.5. The van der Waals surface area contributed by atoms with Gasteiger partial charge in [0.1, 0.15) is 5.76 Å². The van der Waals surface area contributed by atoms with Crippen LogP contribution in [0, 0.1) is 20.8 Å². The first-order chi connectivity index (χ1) is 8.06. The largest absolute Gasteiger partial charge is 0.469 e. The molecule has 0 radical (unpaired) electrons. The maximum atomic E-state index is 10.1. The Hall–Kier alpha value is -1.54. The van der Waals surface area contributed by atoms with Crippen LogP contribution < -0.4 is 0 Å². The number of aryl methyl sites for hydroxylation is 3. The van der Waals surface area contributed by atoms with Crippen LogP contribution in [0.25, 0.3) is 0 Å². The lowest BCUT2D eigenvalue weighted by Crippen LogP contribution is -2.01. The van der Waals surface area contributed by atoms with Crippen molar-refractivity contribution in [2.24, 2.45) is 0 Å². The number of benzene rings is 1. The third-order valence-electron chi connectivity index (χ3n) is 3.14. The van der Waals surface area contributed by atoms with E-state index in [1.165, 1.54) is 11.1 Å². The molecule has 1 heterocycles. The molecule has 1 N–H and O–H groups in total. The van der Waals surface area contributed by atoms with Crippen molar-refractivity contribution in [3.63, 3.8) is 0 Å². The Morgan fingerprint density at radius 3 is 2.47 bits per heavy atom. The minimum atomic E-state index is -0.491. The zero-order valence-electron chi connectivity index (χ0n) is 10.5. The van der Waals surface area contributed by atoms with Crippen LogP contribution in [0.2, 0.25) is 0 Å². The fourth-order valence-electron chi connectivity index (χ4n) is 1.91. The molecule has 17 heavy (non-hydrogen) atoms. The van der Waals surface area contributed by atoms with E-state index in [1.807, 2.05) is 13.0 Å². The van der Waals surface area contributed by atoms with Gasteiger partial charge in [-0.25, -0.2) is 0 Å². The van der Waals surface area contributed by atoms with Gasteiger partial charge in [0.15, 0.2) is 0 Å². The fraction of sp³-hybridized carbons (Fsp3) is 0.333. The first kappa shape index (κ1) is 11.9. The van der Waals surface area contributed by atoms with Crippen LogP contribution in [0.4, 0.5) is 0 Å². The van der Waals surface area contributed by atoms with Gasteiger partial charge in [-0.05, 0) is 43.5 Å². The van der Waals surface area contributed by atoms with Crippen LogP contribution >= 0.6 is 0 Å². The normalized spacial score (nSPS) is 12.7. The highest BCUT2D eigenvalue weighted by Crippen LogP contribution is 2.21. The van der Waals surface area contributed by atoms with E-state index in [0.29, 0.717) is 6.42 Å². The minimum absolute atomic E-state index is 0.491. The molecule has 90 valence electrons. The second-order valence-electron chi connectivity index (χ2n) is 4.63. The second-order valence-corrected chi connectivity index (χ2v) is 4.63. The summed E-state index contributed by atoms with van der Waals surface area (Å²) in [6.45, 7) is 6.06. The monoisotopic (exact) mass is 230 g/mol. The number of aliphatic hydroxyl groups is 1. The van der Waals surface area contributed by atoms with E-state index in [4.69, 9.17) is 4.42 Å². The maximum Gasteiger partial charge on any atom is 0.101 e. The van der Waals surface area contributed by atoms with Gasteiger partial charge in [0.2, 0.25) is 0 Å². The quantitative estimate of drug-likeness (QED) is 0.875. The molecule has 2 aromatic rings. The first-order valence-corrected chi connectivity index (χ1v) is 5.85. The van der Waals surface area contributed by atoms with Crippen molar-refractivity contribution in [3.8, 4) is 0 Å². The molecule has 1 aromatic carbocycles. The van der Waals surface area contributed by atoms with Crippen LogP contribution in [-0.2, 0) is 6.42 Å². The van der Waals surface area contributed by atoms with Crippen molar-refractivity contribution >= 4 is 0 Å². The lowest BCUT2D eigenvalue weighted by Gasteiger charge is -2.10. The van der Waals surface area contributed by atoms with Crippen molar-refractivity contribution in [2.45, 2.75) is 33.3 Å². The van der Waals surface area contributed by atoms with Crippen molar-refractivity contribution in [3.05, 3.63) is 58.5 Å². The molecule has 0 aliphatic rings. The molecule has 2 heteroatoms. The molecule has 0 spiro atoms. The van der Waals surface area contributed by atoms with Gasteiger partial charge in [0.05, 0.1) is 12.4 Å². The number of hydrogen-bond acceptors (Lipinski definition) is 2. The Kier molecular flexibility index (Phi) is 3.34. The average molecular weight is 230 g/mol. The highest BCUT2D eigenvalue weighted by Gasteiger charge is 2.11. The summed E-state index contributed by atoms with van der Waals surface area (Å²) in [6, 6.07) is 8.17. The predicted molar refractivity (Wildman–Crippen MR) is 68.0 cm³/mol. The summed E-state index contributed by atoms with van der Waals surface area (Å²) in [7, 11) is 0. The van der Waals surface area contributed by atoms with Gasteiger partial charge in [-0.2, -0.15) is 0 Å². The van der Waals surface area contributed by atoms with Crippen LogP contribution in [0.1, 0.15) is 34.1 Å². The van der Waals surface area contributed by atoms with Gasteiger partial charge in [0, 0.05) is 12.0 Å². The lowest BCUT2D eigenvalue weighted by atomic mass is 10.00. The SMILES string of the molecule is Cc1cc(C(O)Cc2ccc(C)c(C)c2)co1. The summed E-state index contributed by atoms with van der Waals surface area (Å²) >= 11 is 0. The van der Waals surface area contributed by atoms with Crippen molar-refractivity contribution in [2.75, 3.05) is 0 Å². The smallest absolute Gasteiger partial charge is 0.101 e. The highest BCUT2D eigenvalue weighted by molar-refractivity contribution is 5.31. The Labute approximate surface area is 102 Å². The molecule has 0 fully saturated rings. The number of furan rings is 1. The predicted octanol–water partition coefficient (Wildman–Crippen LogP) is 3.48. The van der Waals surface area contributed by atoms with Crippen molar-refractivity contribution < 1.29 is 9.52 Å². The zero-order chi connectivity index (χ0) is 12.4. The van der Waals surface area contributed by atoms with Crippen LogP contribution in [0.5, 0.6) is 0 Å². The van der Waals surface area contributed by atoms with Crippen LogP contribution in [0.3, 0.4) is 0 Å². The van der Waals surface area contributed by atoms with Crippen molar-refractivity contribution in [1.29, 1.82) is 0 Å². The molecular formula is C15H18O2. The number of aliphatic hydroxyl groups excluding tert-OH is 1. The standard InChI is InChI=1S/C15H18O2/c1-10-4-5-13(6-11(10)2)8-15(16)14-7-12(3)17-9-14/h4-7,9,15-16H,8H2,1-3H3. The highest BCUT2D eigenvalue weighted by atomic mass is 16.3. The third kappa shape index (κ3) is 2.77. The minimum Gasteiger partial charge on any atom is -0.469 e. The molecule has 1 unspecified atom stereocenters. The topological polar surface area (TPSA) is 33.4 Å². The molecule has 1 aromatic heterocycles. The summed E-state index contributed by atoms with van der Waals surface area (Å²) < 4.78 is 5.21. The lowest BCUT2D eigenvalue weighted by molar-refractivity contribution is 0.177. The van der Waals surface area contributed by atoms with E-state index in [-0.39, 0.29) is 0 Å². The van der Waals surface area contributed by atoms with Crippen LogP contribution in [0.15, 0.2) is 34.9 Å². The summed E-state index contributed by atoms with van der Waals surface area (Å²) in [5, 5.41) is 10.1. The molecular weight excluding hydrogens is 212 g/mol. The van der Waals surface area contributed by atoms with Gasteiger partial charge < -0.3 is 9.52 Å². The molecule has 1 atom stereocenters. The van der Waals surface area contributed by atoms with Gasteiger partial charge in [-0.3, -0.25) is 0 Å². The fourth-order valence-corrected chi connectivity index (χ4v) is 1.91. The van der Waals surface area contributed by atoms with E-state index >= 15 is 0 Å². The summed E-state index contributed by atoms with van der Waals surface area (Å²) in [5.74, 6) is 0.833. The summed E-state index contributed by atoms with van der Waals surface area (Å²) in [5.41, 5.74) is 4.54. The molecule has 0 saturated heterocycles. The molecule has 0 aliphatic heterocycles. The average Bonchev–Trinajstić information content (AvgIpc) is 2.70. The second kappa shape index (κ2) is 4.76. The Balaban J connectivity index is 2.12. The van der Waals surface area contributed by atoms with Gasteiger partial charge >= 0.3 is 0 Å². The molecule has 2 rings (SSSR count). The summed E-state index contributed by atoms with van der Waals surface area (Å²) in [4.78, 5) is 0. The molecule has 2 nitrogen and oxygen atoms in total. The Morgan fingerprint density at radius 2 is 1.88 bits per heavy atom. The van der Waals surface area contributed by atoms with Crippen LogP contribution in [-0.4, -0.2) is 5.11 Å². The van der Waals surface area contributed by atoms with E-state index in [9.17, 15) is 5.11 Å². The molecule has 0 amide bonds. The Morgan fingerprint density at radius 1 is 1.12 bits per heavy atom.